The van der Waals surface area contributed by atoms with Gasteiger partial charge in [-0.25, -0.2) is 0 Å². The van der Waals surface area contributed by atoms with E-state index in [1.165, 1.54) is 19.1 Å². The molecule has 1 atom stereocenters. The van der Waals surface area contributed by atoms with Gasteiger partial charge in [0.2, 0.25) is 0 Å². The number of aliphatic hydroxyl groups is 1. The maximum Gasteiger partial charge on any atom is 0.295 e. The molecular formula is C27H26N2O6. The van der Waals surface area contributed by atoms with Crippen LogP contribution in [0.15, 0.2) is 72.6 Å². The number of ketones is 1. The molecule has 1 unspecified atom stereocenters. The third-order valence-electron chi connectivity index (χ3n) is 5.78. The molecule has 180 valence electrons. The summed E-state index contributed by atoms with van der Waals surface area (Å²) in [6, 6.07) is 14.6. The van der Waals surface area contributed by atoms with Crippen LogP contribution in [0.1, 0.15) is 29.7 Å². The quantitative estimate of drug-likeness (QED) is 0.298. The van der Waals surface area contributed by atoms with Gasteiger partial charge in [-0.2, -0.15) is 0 Å². The molecule has 2 heterocycles. The monoisotopic (exact) mass is 474 g/mol. The van der Waals surface area contributed by atoms with Crippen LogP contribution >= 0.6 is 0 Å². The molecular weight excluding hydrogens is 448 g/mol. The number of Topliss-reactive ketones (excluding diaryl/α,β-unsaturated/α-hetero) is 1. The normalized spacial score (nSPS) is 16.9. The molecule has 35 heavy (non-hydrogen) atoms. The predicted molar refractivity (Wildman–Crippen MR) is 129 cm³/mol. The lowest BCUT2D eigenvalue weighted by Crippen LogP contribution is -2.29. The Balaban J connectivity index is 1.85. The van der Waals surface area contributed by atoms with E-state index in [1.54, 1.807) is 60.9 Å². The Kier molecular flexibility index (Phi) is 7.01. The lowest BCUT2D eigenvalue weighted by molar-refractivity contribution is -0.140. The molecule has 1 N–H and O–H groups in total. The van der Waals surface area contributed by atoms with E-state index in [2.05, 4.69) is 4.98 Å². The summed E-state index contributed by atoms with van der Waals surface area (Å²) in [4.78, 5) is 32.0. The Morgan fingerprint density at radius 3 is 2.40 bits per heavy atom. The average molecular weight is 475 g/mol. The van der Waals surface area contributed by atoms with Crippen LogP contribution in [-0.2, 0) is 16.1 Å². The second-order valence-electron chi connectivity index (χ2n) is 7.86. The number of ether oxygens (including phenoxy) is 3. The molecule has 1 amide bonds. The van der Waals surface area contributed by atoms with E-state index in [1.807, 2.05) is 13.0 Å². The molecule has 0 spiro atoms. The van der Waals surface area contributed by atoms with Crippen molar-refractivity contribution >= 4 is 17.4 Å². The average Bonchev–Trinajstić information content (AvgIpc) is 3.14. The Labute approximate surface area is 203 Å². The predicted octanol–water partition coefficient (Wildman–Crippen LogP) is 4.12. The summed E-state index contributed by atoms with van der Waals surface area (Å²) in [5.74, 6) is -0.149. The number of hydrogen-bond donors (Lipinski definition) is 1. The highest BCUT2D eigenvalue weighted by molar-refractivity contribution is 6.46. The number of amides is 1. The van der Waals surface area contributed by atoms with Crippen LogP contribution in [0.25, 0.3) is 5.76 Å². The second-order valence-corrected chi connectivity index (χ2v) is 7.86. The molecule has 0 saturated carbocycles. The van der Waals surface area contributed by atoms with Crippen molar-refractivity contribution in [1.29, 1.82) is 0 Å². The number of nitrogens with zero attached hydrogens (tertiary/aromatic N) is 2. The highest BCUT2D eigenvalue weighted by atomic mass is 16.5. The molecule has 8 heteroatoms. The lowest BCUT2D eigenvalue weighted by Gasteiger charge is -2.26. The SMILES string of the molecule is CCOc1ccc(C(O)=C2C(=O)C(=O)N(Cc3cccnc3)C2c2ccc(OC)c(OC)c2)cc1. The van der Waals surface area contributed by atoms with Crippen LogP contribution < -0.4 is 14.2 Å². The van der Waals surface area contributed by atoms with Crippen LogP contribution in [0.5, 0.6) is 17.2 Å². The molecule has 1 fully saturated rings. The number of rotatable bonds is 8. The van der Waals surface area contributed by atoms with E-state index < -0.39 is 17.7 Å². The van der Waals surface area contributed by atoms with E-state index >= 15 is 0 Å². The van der Waals surface area contributed by atoms with Crippen LogP contribution in [0.3, 0.4) is 0 Å². The molecule has 1 aliphatic rings. The topological polar surface area (TPSA) is 98.2 Å². The molecule has 1 aliphatic heterocycles. The largest absolute Gasteiger partial charge is 0.507 e. The number of carbonyl (C=O) groups is 2. The highest BCUT2D eigenvalue weighted by Gasteiger charge is 2.46. The summed E-state index contributed by atoms with van der Waals surface area (Å²) >= 11 is 0. The molecule has 4 rings (SSSR count). The zero-order chi connectivity index (χ0) is 24.9. The Morgan fingerprint density at radius 1 is 1.03 bits per heavy atom. The molecule has 1 saturated heterocycles. The first kappa shape index (κ1) is 23.8. The summed E-state index contributed by atoms with van der Waals surface area (Å²) < 4.78 is 16.3. The van der Waals surface area contributed by atoms with Crippen molar-refractivity contribution in [1.82, 2.24) is 9.88 Å². The van der Waals surface area contributed by atoms with Gasteiger partial charge >= 0.3 is 0 Å². The molecule has 8 nitrogen and oxygen atoms in total. The smallest absolute Gasteiger partial charge is 0.295 e. The van der Waals surface area contributed by atoms with Gasteiger partial charge in [-0.3, -0.25) is 14.6 Å². The standard InChI is InChI=1S/C27H26N2O6/c1-4-35-20-10-7-18(8-11-20)25(30)23-24(19-9-12-21(33-2)22(14-19)34-3)29(27(32)26(23)31)16-17-6-5-13-28-15-17/h5-15,24,30H,4,16H2,1-3H3. The first-order chi connectivity index (χ1) is 17.0. The van der Waals surface area contributed by atoms with Crippen LogP contribution in [0, 0.1) is 0 Å². The number of carbonyl (C=O) groups excluding carboxylic acids is 2. The van der Waals surface area contributed by atoms with Crippen molar-refractivity contribution in [2.45, 2.75) is 19.5 Å². The number of likely N-dealkylation sites (tertiary alicyclic amines) is 1. The molecule has 2 aromatic carbocycles. The first-order valence-electron chi connectivity index (χ1n) is 11.1. The van der Waals surface area contributed by atoms with E-state index in [9.17, 15) is 14.7 Å². The lowest BCUT2D eigenvalue weighted by atomic mass is 9.94. The maximum atomic E-state index is 13.2. The van der Waals surface area contributed by atoms with E-state index in [0.717, 1.165) is 5.56 Å². The van der Waals surface area contributed by atoms with Crippen molar-refractivity contribution in [2.24, 2.45) is 0 Å². The van der Waals surface area contributed by atoms with Gasteiger partial charge in [0.1, 0.15) is 11.5 Å². The summed E-state index contributed by atoms with van der Waals surface area (Å²) in [6.45, 7) is 2.52. The van der Waals surface area contributed by atoms with Crippen molar-refractivity contribution in [3.8, 4) is 17.2 Å². The fraction of sp³-hybridized carbons (Fsp3) is 0.222. The Hall–Kier alpha value is -4.33. The fourth-order valence-corrected chi connectivity index (χ4v) is 4.13. The summed E-state index contributed by atoms with van der Waals surface area (Å²) in [5, 5.41) is 11.2. The zero-order valence-electron chi connectivity index (χ0n) is 19.7. The minimum Gasteiger partial charge on any atom is -0.507 e. The van der Waals surface area contributed by atoms with E-state index in [-0.39, 0.29) is 17.9 Å². The number of aromatic nitrogens is 1. The maximum absolute atomic E-state index is 13.2. The minimum absolute atomic E-state index is 0.00438. The van der Waals surface area contributed by atoms with Gasteiger partial charge in [0.15, 0.2) is 11.5 Å². The number of benzene rings is 2. The molecule has 0 aliphatic carbocycles. The fourth-order valence-electron chi connectivity index (χ4n) is 4.13. The molecule has 0 bridgehead atoms. The Bertz CT molecular complexity index is 1250. The van der Waals surface area contributed by atoms with Crippen LogP contribution in [0.4, 0.5) is 0 Å². The second kappa shape index (κ2) is 10.3. The van der Waals surface area contributed by atoms with Gasteiger partial charge in [-0.15, -0.1) is 0 Å². The van der Waals surface area contributed by atoms with E-state index in [4.69, 9.17) is 14.2 Å². The van der Waals surface area contributed by atoms with Gasteiger partial charge in [0.05, 0.1) is 32.4 Å². The number of aliphatic hydroxyl groups excluding tert-OH is 1. The van der Waals surface area contributed by atoms with Gasteiger partial charge in [-0.1, -0.05) is 12.1 Å². The highest BCUT2D eigenvalue weighted by Crippen LogP contribution is 2.42. The third-order valence-corrected chi connectivity index (χ3v) is 5.78. The third kappa shape index (κ3) is 4.68. The molecule has 1 aromatic heterocycles. The number of methoxy groups -OCH3 is 2. The summed E-state index contributed by atoms with van der Waals surface area (Å²) in [7, 11) is 3.03. The van der Waals surface area contributed by atoms with Gasteiger partial charge in [-0.05, 0) is 60.5 Å². The van der Waals surface area contributed by atoms with Crippen molar-refractivity contribution in [2.75, 3.05) is 20.8 Å². The first-order valence-corrected chi connectivity index (χ1v) is 11.1. The molecule has 0 radical (unpaired) electrons. The van der Waals surface area contributed by atoms with Crippen LogP contribution in [-0.4, -0.2) is 47.5 Å². The summed E-state index contributed by atoms with van der Waals surface area (Å²) in [6.07, 6.45) is 3.27. The van der Waals surface area contributed by atoms with Crippen molar-refractivity contribution < 1.29 is 28.9 Å². The van der Waals surface area contributed by atoms with Crippen LogP contribution in [0.2, 0.25) is 0 Å². The number of hydrogen-bond acceptors (Lipinski definition) is 7. The van der Waals surface area contributed by atoms with Gasteiger partial charge < -0.3 is 24.2 Å². The minimum atomic E-state index is -0.846. The Morgan fingerprint density at radius 2 is 1.77 bits per heavy atom. The molecule has 3 aromatic rings. The number of pyridine rings is 1. The van der Waals surface area contributed by atoms with E-state index in [0.29, 0.717) is 35.0 Å². The van der Waals surface area contributed by atoms with Crippen molar-refractivity contribution in [3.05, 3.63) is 89.3 Å². The van der Waals surface area contributed by atoms with Gasteiger partial charge in [0, 0.05) is 24.5 Å². The summed E-state index contributed by atoms with van der Waals surface area (Å²) in [5.41, 5.74) is 1.74. The van der Waals surface area contributed by atoms with Gasteiger partial charge in [0.25, 0.3) is 11.7 Å². The zero-order valence-corrected chi connectivity index (χ0v) is 19.7. The van der Waals surface area contributed by atoms with Crippen molar-refractivity contribution in [3.63, 3.8) is 0 Å².